The molecule has 1 aliphatic heterocycles. The molecule has 0 aromatic heterocycles. The summed E-state index contributed by atoms with van der Waals surface area (Å²) in [4.78, 5) is 35.1. The lowest BCUT2D eigenvalue weighted by molar-refractivity contribution is -0.124. The summed E-state index contributed by atoms with van der Waals surface area (Å²) in [5.74, 6) is -2.70. The monoisotopic (exact) mass is 379 g/mol. The molecule has 1 aromatic carbocycles. The number of alkyl halides is 3. The van der Waals surface area contributed by atoms with E-state index in [2.05, 4.69) is 0 Å². The summed E-state index contributed by atoms with van der Waals surface area (Å²) in [6, 6.07) is 4.44. The molecule has 1 aromatic rings. The van der Waals surface area contributed by atoms with Gasteiger partial charge in [-0.15, -0.1) is 0 Å². The quantitative estimate of drug-likeness (QED) is 0.788. The lowest BCUT2D eigenvalue weighted by Crippen LogP contribution is -2.50. The van der Waals surface area contributed by atoms with Crippen LogP contribution < -0.4 is 10.6 Å². The Morgan fingerprint density at radius 1 is 1.20 bits per heavy atom. The van der Waals surface area contributed by atoms with E-state index in [0.717, 1.165) is 0 Å². The zero-order valence-corrected chi connectivity index (χ0v) is 13.3. The predicted octanol–water partition coefficient (Wildman–Crippen LogP) is 0.360. The Bertz CT molecular complexity index is 822. The second-order valence-electron chi connectivity index (χ2n) is 5.07. The Labute approximate surface area is 140 Å². The molecular formula is C13H12F3N3O5S. The molecule has 0 saturated carbocycles. The molecule has 2 N–H and O–H groups in total. The van der Waals surface area contributed by atoms with E-state index in [1.807, 2.05) is 0 Å². The fraction of sp³-hybridized carbons (Fsp3) is 0.308. The van der Waals surface area contributed by atoms with Crippen molar-refractivity contribution in [2.45, 2.75) is 11.9 Å². The first-order chi connectivity index (χ1) is 11.5. The lowest BCUT2D eigenvalue weighted by atomic mass is 10.1. The van der Waals surface area contributed by atoms with Gasteiger partial charge < -0.3 is 5.32 Å². The number of amides is 4. The first kappa shape index (κ1) is 18.7. The highest BCUT2D eigenvalue weighted by molar-refractivity contribution is 7.89. The highest BCUT2D eigenvalue weighted by Crippen LogP contribution is 2.24. The zero-order chi connectivity index (χ0) is 18.8. The van der Waals surface area contributed by atoms with Crippen LogP contribution in [0.4, 0.5) is 18.0 Å². The highest BCUT2D eigenvalue weighted by atomic mass is 32.2. The number of nitrogens with one attached hydrogen (secondary N) is 2. The molecule has 136 valence electrons. The molecule has 1 aliphatic rings. The summed E-state index contributed by atoms with van der Waals surface area (Å²) in [6.45, 7) is -2.69. The number of hydrogen-bond donors (Lipinski definition) is 2. The lowest BCUT2D eigenvalue weighted by Gasteiger charge is -2.27. The van der Waals surface area contributed by atoms with E-state index in [1.54, 1.807) is 6.07 Å². The van der Waals surface area contributed by atoms with Gasteiger partial charge in [0.25, 0.3) is 5.91 Å². The van der Waals surface area contributed by atoms with Crippen LogP contribution in [0.1, 0.15) is 15.9 Å². The second kappa shape index (κ2) is 6.70. The van der Waals surface area contributed by atoms with Crippen molar-refractivity contribution in [3.63, 3.8) is 0 Å². The molecule has 4 amide bonds. The topological polar surface area (TPSA) is 113 Å². The van der Waals surface area contributed by atoms with E-state index in [-0.39, 0.29) is 15.4 Å². The van der Waals surface area contributed by atoms with Gasteiger partial charge in [-0.1, -0.05) is 18.2 Å². The summed E-state index contributed by atoms with van der Waals surface area (Å²) in [7, 11) is -4.14. The molecule has 0 aliphatic carbocycles. The van der Waals surface area contributed by atoms with Crippen molar-refractivity contribution in [1.82, 2.24) is 14.9 Å². The molecule has 0 radical (unpaired) electrons. The van der Waals surface area contributed by atoms with Gasteiger partial charge in [0.1, 0.15) is 13.1 Å². The number of nitrogens with zero attached hydrogens (tertiary/aromatic N) is 1. The number of carbonyl (C=O) groups is 3. The van der Waals surface area contributed by atoms with Crippen molar-refractivity contribution in [2.75, 3.05) is 13.1 Å². The normalized spacial score (nSPS) is 16.1. The van der Waals surface area contributed by atoms with E-state index in [4.69, 9.17) is 0 Å². The molecule has 0 unspecified atom stereocenters. The fourth-order valence-electron chi connectivity index (χ4n) is 2.08. The predicted molar refractivity (Wildman–Crippen MR) is 77.7 cm³/mol. The van der Waals surface area contributed by atoms with Gasteiger partial charge in [0.2, 0.25) is 15.9 Å². The summed E-state index contributed by atoms with van der Waals surface area (Å²) in [6.07, 6.45) is -4.67. The zero-order valence-electron chi connectivity index (χ0n) is 12.5. The van der Waals surface area contributed by atoms with Gasteiger partial charge in [-0.05, 0) is 11.6 Å². The standard InChI is InChI=1S/C13H12F3N3O5S/c14-13(15,16)7-17-12(22)18-10(20)5-19-11(21)9-4-2-1-3-8(9)6-25(19,23)24/h1-4H,5-7H2,(H2,17,18,20,22). The van der Waals surface area contributed by atoms with E-state index < -0.39 is 52.9 Å². The van der Waals surface area contributed by atoms with Gasteiger partial charge in [0.05, 0.1) is 5.75 Å². The molecule has 0 atom stereocenters. The molecule has 0 bridgehead atoms. The molecule has 0 saturated heterocycles. The van der Waals surface area contributed by atoms with E-state index in [0.29, 0.717) is 0 Å². The largest absolute Gasteiger partial charge is 0.405 e. The maximum Gasteiger partial charge on any atom is 0.405 e. The average Bonchev–Trinajstić information content (AvgIpc) is 2.48. The first-order valence-corrected chi connectivity index (χ1v) is 8.37. The molecule has 1 heterocycles. The van der Waals surface area contributed by atoms with Gasteiger partial charge in [-0.2, -0.15) is 13.2 Å². The highest BCUT2D eigenvalue weighted by Gasteiger charge is 2.37. The van der Waals surface area contributed by atoms with Crippen molar-refractivity contribution >= 4 is 27.9 Å². The smallest absolute Gasteiger partial charge is 0.329 e. The van der Waals surface area contributed by atoms with Crippen LogP contribution >= 0.6 is 0 Å². The maximum atomic E-state index is 12.2. The van der Waals surface area contributed by atoms with Crippen LogP contribution in [0.25, 0.3) is 0 Å². The van der Waals surface area contributed by atoms with Crippen LogP contribution in [0.3, 0.4) is 0 Å². The molecule has 0 spiro atoms. The minimum Gasteiger partial charge on any atom is -0.329 e. The van der Waals surface area contributed by atoms with Crippen LogP contribution in [-0.4, -0.2) is 49.8 Å². The van der Waals surface area contributed by atoms with E-state index in [9.17, 15) is 36.0 Å². The third kappa shape index (κ3) is 4.68. The minimum absolute atomic E-state index is 0.0895. The Morgan fingerprint density at radius 2 is 1.84 bits per heavy atom. The molecule has 2 rings (SSSR count). The average molecular weight is 379 g/mol. The van der Waals surface area contributed by atoms with Gasteiger partial charge in [0, 0.05) is 5.56 Å². The summed E-state index contributed by atoms with van der Waals surface area (Å²) < 4.78 is 60.4. The number of fused-ring (bicyclic) bond motifs is 1. The molecule has 25 heavy (non-hydrogen) atoms. The molecular weight excluding hydrogens is 367 g/mol. The van der Waals surface area contributed by atoms with Crippen molar-refractivity contribution < 1.29 is 36.0 Å². The number of imide groups is 1. The Hall–Kier alpha value is -2.63. The third-order valence-electron chi connectivity index (χ3n) is 3.14. The van der Waals surface area contributed by atoms with Crippen molar-refractivity contribution in [1.29, 1.82) is 0 Å². The SMILES string of the molecule is O=C(CN1C(=O)c2ccccc2CS1(=O)=O)NC(=O)NCC(F)(F)F. The Balaban J connectivity index is 2.05. The minimum atomic E-state index is -4.67. The van der Waals surface area contributed by atoms with Gasteiger partial charge in [0.15, 0.2) is 0 Å². The van der Waals surface area contributed by atoms with E-state index >= 15 is 0 Å². The van der Waals surface area contributed by atoms with Crippen LogP contribution in [0, 0.1) is 0 Å². The van der Waals surface area contributed by atoms with Crippen LogP contribution in [0.2, 0.25) is 0 Å². The summed E-state index contributed by atoms with van der Waals surface area (Å²) in [5.41, 5.74) is 0.360. The number of halogens is 3. The van der Waals surface area contributed by atoms with Crippen molar-refractivity contribution in [3.05, 3.63) is 35.4 Å². The second-order valence-corrected chi connectivity index (χ2v) is 6.96. The van der Waals surface area contributed by atoms with Gasteiger partial charge in [-0.3, -0.25) is 14.9 Å². The van der Waals surface area contributed by atoms with Crippen LogP contribution in [0.5, 0.6) is 0 Å². The number of benzene rings is 1. The van der Waals surface area contributed by atoms with Crippen molar-refractivity contribution in [2.24, 2.45) is 0 Å². The number of rotatable bonds is 3. The van der Waals surface area contributed by atoms with Gasteiger partial charge >= 0.3 is 12.2 Å². The number of carbonyl (C=O) groups excluding carboxylic acids is 3. The molecule has 12 heteroatoms. The van der Waals surface area contributed by atoms with Crippen LogP contribution in [0.15, 0.2) is 24.3 Å². The summed E-state index contributed by atoms with van der Waals surface area (Å²) in [5, 5.41) is 2.92. The number of sulfonamides is 1. The summed E-state index contributed by atoms with van der Waals surface area (Å²) >= 11 is 0. The third-order valence-corrected chi connectivity index (χ3v) is 4.78. The first-order valence-electron chi connectivity index (χ1n) is 6.77. The Kier molecular flexibility index (Phi) is 5.02. The Morgan fingerprint density at radius 3 is 2.48 bits per heavy atom. The van der Waals surface area contributed by atoms with Crippen LogP contribution in [-0.2, 0) is 20.6 Å². The van der Waals surface area contributed by atoms with Gasteiger partial charge in [-0.25, -0.2) is 17.5 Å². The molecule has 0 fully saturated rings. The fourth-order valence-corrected chi connectivity index (χ4v) is 3.55. The maximum absolute atomic E-state index is 12.2. The van der Waals surface area contributed by atoms with Crippen molar-refractivity contribution in [3.8, 4) is 0 Å². The number of urea groups is 1. The number of hydrogen-bond acceptors (Lipinski definition) is 5. The molecule has 8 nitrogen and oxygen atoms in total. The van der Waals surface area contributed by atoms with E-state index in [1.165, 1.54) is 28.8 Å².